The van der Waals surface area contributed by atoms with Crippen molar-refractivity contribution in [2.45, 2.75) is 63.2 Å². The Morgan fingerprint density at radius 1 is 1.15 bits per heavy atom. The number of aliphatic hydroxyl groups excluding tert-OH is 1. The third kappa shape index (κ3) is 5.04. The molecular formula is C33H35F3N8O3S. The molecule has 15 heteroatoms. The van der Waals surface area contributed by atoms with Crippen LogP contribution in [0.2, 0.25) is 0 Å². The number of thiophene rings is 1. The third-order valence-corrected chi connectivity index (χ3v) is 11.3. The van der Waals surface area contributed by atoms with E-state index in [2.05, 4.69) is 19.8 Å². The highest BCUT2D eigenvalue weighted by Gasteiger charge is 2.43. The number of fused-ring (bicyclic) bond motifs is 6. The zero-order valence-corrected chi connectivity index (χ0v) is 27.2. The van der Waals surface area contributed by atoms with E-state index in [0.717, 1.165) is 50.0 Å². The number of likely N-dealkylation sites (tertiary alicyclic amines) is 2. The minimum atomic E-state index is -0.957. The van der Waals surface area contributed by atoms with Crippen LogP contribution in [0, 0.1) is 23.0 Å². The second kappa shape index (κ2) is 12.3. The quantitative estimate of drug-likeness (QED) is 0.278. The summed E-state index contributed by atoms with van der Waals surface area (Å²) in [5, 5.41) is 20.2. The van der Waals surface area contributed by atoms with Crippen LogP contribution in [0.5, 0.6) is 6.01 Å². The van der Waals surface area contributed by atoms with Gasteiger partial charge in [0.25, 0.3) is 0 Å². The van der Waals surface area contributed by atoms with Crippen molar-refractivity contribution in [1.29, 1.82) is 5.26 Å². The number of aliphatic hydroxyl groups is 1. The van der Waals surface area contributed by atoms with Crippen molar-refractivity contribution in [3.05, 3.63) is 34.5 Å². The number of nitriles is 1. The highest BCUT2D eigenvalue weighted by Crippen LogP contribution is 2.48. The molecule has 2 bridgehead atoms. The van der Waals surface area contributed by atoms with Crippen molar-refractivity contribution in [2.24, 2.45) is 0 Å². The van der Waals surface area contributed by atoms with E-state index in [1.807, 2.05) is 18.0 Å². The normalized spacial score (nSPS) is 24.2. The van der Waals surface area contributed by atoms with Crippen LogP contribution in [-0.2, 0) is 18.0 Å². The van der Waals surface area contributed by atoms with Crippen molar-refractivity contribution in [3.63, 3.8) is 0 Å². The topological polar surface area (TPSA) is 137 Å². The van der Waals surface area contributed by atoms with Crippen LogP contribution in [0.4, 0.5) is 24.0 Å². The number of hydrogen-bond donors (Lipinski definition) is 2. The molecule has 3 aromatic heterocycles. The standard InChI is InChI=1S/C33H35F3N8O3S/c1-42-10-16(34)7-19(42)13-47-33-40-29-26(32(41-33)44-17-3-4-18(44)12-43(11-17)5-2-6-45)22-15-46-14-21(22)24(27(29)36)28-25-20(8-37)31(38)48-30(25)23(35)9-39-28/h9,16-19,45H,2-7,10-15,38H2,1H3/t16-,17?,18?,19+/m1/s1. The first-order valence-electron chi connectivity index (χ1n) is 16.3. The lowest BCUT2D eigenvalue weighted by Gasteiger charge is -2.42. The molecule has 4 aliphatic heterocycles. The largest absolute Gasteiger partial charge is 0.462 e. The first-order valence-corrected chi connectivity index (χ1v) is 17.1. The maximum absolute atomic E-state index is 17.3. The number of benzene rings is 1. The number of likely N-dealkylation sites (N-methyl/N-ethyl adjacent to an activating group) is 1. The summed E-state index contributed by atoms with van der Waals surface area (Å²) in [7, 11) is 1.84. The number of ether oxygens (including phenoxy) is 2. The number of nitrogen functional groups attached to an aromatic ring is 1. The zero-order chi connectivity index (χ0) is 33.3. The lowest BCUT2D eigenvalue weighted by molar-refractivity contribution is 0.135. The summed E-state index contributed by atoms with van der Waals surface area (Å²) < 4.78 is 58.7. The van der Waals surface area contributed by atoms with Crippen molar-refractivity contribution < 1.29 is 27.8 Å². The van der Waals surface area contributed by atoms with E-state index in [0.29, 0.717) is 41.7 Å². The number of halogens is 3. The first kappa shape index (κ1) is 31.5. The molecule has 3 saturated heterocycles. The van der Waals surface area contributed by atoms with E-state index in [1.165, 1.54) is 0 Å². The highest BCUT2D eigenvalue weighted by atomic mass is 32.1. The van der Waals surface area contributed by atoms with Gasteiger partial charge in [-0.25, -0.2) is 13.2 Å². The lowest BCUT2D eigenvalue weighted by Crippen LogP contribution is -2.54. The van der Waals surface area contributed by atoms with Gasteiger partial charge >= 0.3 is 6.01 Å². The number of piperazine rings is 1. The number of hydrogen-bond acceptors (Lipinski definition) is 12. The molecule has 0 amide bonds. The minimum Gasteiger partial charge on any atom is -0.462 e. The molecule has 1 aromatic carbocycles. The first-order chi connectivity index (χ1) is 23.3. The van der Waals surface area contributed by atoms with E-state index in [9.17, 15) is 19.1 Å². The van der Waals surface area contributed by atoms with Crippen LogP contribution in [0.15, 0.2) is 6.20 Å². The predicted octanol–water partition coefficient (Wildman–Crippen LogP) is 4.13. The van der Waals surface area contributed by atoms with E-state index in [4.69, 9.17) is 20.2 Å². The van der Waals surface area contributed by atoms with Crippen molar-refractivity contribution in [1.82, 2.24) is 24.8 Å². The number of rotatable bonds is 8. The molecule has 0 saturated carbocycles. The van der Waals surface area contributed by atoms with E-state index in [1.54, 1.807) is 0 Å². The molecule has 7 heterocycles. The number of aromatic nitrogens is 3. The average Bonchev–Trinajstić information content (AvgIpc) is 3.83. The molecule has 4 atom stereocenters. The van der Waals surface area contributed by atoms with Crippen LogP contribution in [0.1, 0.15) is 42.4 Å². The van der Waals surface area contributed by atoms with Gasteiger partial charge in [0, 0.05) is 61.9 Å². The minimum absolute atomic E-state index is 0.0143. The molecule has 48 heavy (non-hydrogen) atoms. The van der Waals surface area contributed by atoms with Gasteiger partial charge in [-0.2, -0.15) is 15.2 Å². The predicted molar refractivity (Wildman–Crippen MR) is 175 cm³/mol. The van der Waals surface area contributed by atoms with Gasteiger partial charge in [-0.15, -0.1) is 11.3 Å². The highest BCUT2D eigenvalue weighted by molar-refractivity contribution is 7.23. The molecule has 11 nitrogen and oxygen atoms in total. The Morgan fingerprint density at radius 3 is 2.62 bits per heavy atom. The van der Waals surface area contributed by atoms with Crippen molar-refractivity contribution in [3.8, 4) is 23.3 Å². The number of anilines is 2. The number of pyridine rings is 1. The Bertz CT molecular complexity index is 1960. The van der Waals surface area contributed by atoms with Gasteiger partial charge in [0.15, 0.2) is 11.6 Å². The van der Waals surface area contributed by atoms with Crippen molar-refractivity contribution in [2.75, 3.05) is 57.1 Å². The second-order valence-electron chi connectivity index (χ2n) is 13.2. The average molecular weight is 681 g/mol. The molecule has 0 radical (unpaired) electrons. The summed E-state index contributed by atoms with van der Waals surface area (Å²) >= 11 is 0.922. The van der Waals surface area contributed by atoms with Gasteiger partial charge in [0.2, 0.25) is 0 Å². The summed E-state index contributed by atoms with van der Waals surface area (Å²) in [6.45, 7) is 3.16. The van der Waals surface area contributed by atoms with Crippen LogP contribution in [0.25, 0.3) is 32.2 Å². The zero-order valence-electron chi connectivity index (χ0n) is 26.4. The monoisotopic (exact) mass is 680 g/mol. The van der Waals surface area contributed by atoms with Crippen LogP contribution in [0.3, 0.4) is 0 Å². The summed E-state index contributed by atoms with van der Waals surface area (Å²) in [4.78, 5) is 20.4. The molecule has 8 rings (SSSR count). The maximum Gasteiger partial charge on any atom is 0.319 e. The smallest absolute Gasteiger partial charge is 0.319 e. The lowest BCUT2D eigenvalue weighted by atomic mass is 9.93. The van der Waals surface area contributed by atoms with Crippen LogP contribution >= 0.6 is 11.3 Å². The number of nitrogens with two attached hydrogens (primary N) is 1. The molecule has 4 aromatic rings. The van der Waals surface area contributed by atoms with Crippen LogP contribution in [-0.4, -0.2) is 101 Å². The van der Waals surface area contributed by atoms with E-state index < -0.39 is 17.8 Å². The van der Waals surface area contributed by atoms with Gasteiger partial charge in [0.1, 0.15) is 35.2 Å². The maximum atomic E-state index is 17.3. The Morgan fingerprint density at radius 2 is 1.92 bits per heavy atom. The molecule has 3 fully saturated rings. The Kier molecular flexibility index (Phi) is 8.03. The van der Waals surface area contributed by atoms with Crippen molar-refractivity contribution >= 4 is 43.1 Å². The van der Waals surface area contributed by atoms with Gasteiger partial charge in [-0.05, 0) is 43.9 Å². The fraction of sp³-hybridized carbons (Fsp3) is 0.515. The van der Waals surface area contributed by atoms with E-state index >= 15 is 4.39 Å². The summed E-state index contributed by atoms with van der Waals surface area (Å²) in [6.07, 6.45) is 2.93. The SMILES string of the molecule is CN1C[C@H](F)C[C@H]1COc1nc(N2C3CCC2CN(CCCO)C3)c2c3c(c(-c4ncc(F)c5sc(N)c(C#N)c45)c(F)c2n1)COC3. The number of nitrogens with zero attached hydrogens (tertiary/aromatic N) is 7. The molecule has 0 spiro atoms. The van der Waals surface area contributed by atoms with Gasteiger partial charge in [-0.1, -0.05) is 0 Å². The van der Waals surface area contributed by atoms with E-state index in [-0.39, 0.29) is 88.0 Å². The summed E-state index contributed by atoms with van der Waals surface area (Å²) in [6, 6.07) is 2.05. The fourth-order valence-corrected chi connectivity index (χ4v) is 8.99. The number of alkyl halides is 1. The fourth-order valence-electron chi connectivity index (χ4n) is 8.07. The summed E-state index contributed by atoms with van der Waals surface area (Å²) in [5.41, 5.74) is 7.60. The molecule has 4 aliphatic rings. The molecule has 3 N–H and O–H groups in total. The third-order valence-electron chi connectivity index (χ3n) is 10.3. The molecule has 252 valence electrons. The van der Waals surface area contributed by atoms with Gasteiger partial charge < -0.3 is 25.2 Å². The van der Waals surface area contributed by atoms with Gasteiger partial charge in [0.05, 0.1) is 40.8 Å². The summed E-state index contributed by atoms with van der Waals surface area (Å²) in [5.74, 6) is -0.788. The Balaban J connectivity index is 1.32. The molecular weight excluding hydrogens is 645 g/mol. The molecule has 2 unspecified atom stereocenters. The second-order valence-corrected chi connectivity index (χ2v) is 14.2. The van der Waals surface area contributed by atoms with Gasteiger partial charge in [-0.3, -0.25) is 14.8 Å². The molecule has 0 aliphatic carbocycles. The van der Waals surface area contributed by atoms with Crippen LogP contribution < -0.4 is 15.4 Å². The Labute approximate surface area is 278 Å². The Hall–Kier alpha value is -3.81.